The summed E-state index contributed by atoms with van der Waals surface area (Å²) in [6.07, 6.45) is 2.20. The lowest BCUT2D eigenvalue weighted by atomic mass is 10.1. The van der Waals surface area contributed by atoms with Gasteiger partial charge in [-0.2, -0.15) is 0 Å². The lowest BCUT2D eigenvalue weighted by Gasteiger charge is -2.22. The largest absolute Gasteiger partial charge is 0.492 e. The number of carboxylic acid groups (broad SMARTS) is 1. The number of carbonyl (C=O) groups is 1. The summed E-state index contributed by atoms with van der Waals surface area (Å²) in [5.41, 5.74) is 1.22. The number of aryl methyl sites for hydroxylation is 1. The molecule has 0 spiro atoms. The number of carboxylic acids is 1. The van der Waals surface area contributed by atoms with E-state index in [9.17, 15) is 4.79 Å². The Labute approximate surface area is 134 Å². The maximum absolute atomic E-state index is 11.0. The molecule has 23 heavy (non-hydrogen) atoms. The number of hydrogen-bond donors (Lipinski definition) is 1. The Morgan fingerprint density at radius 3 is 3.09 bits per heavy atom. The Bertz CT molecular complexity index is 683. The average Bonchev–Trinajstić information content (AvgIpc) is 3.16. The fourth-order valence-corrected chi connectivity index (χ4v) is 2.97. The van der Waals surface area contributed by atoms with Gasteiger partial charge in [-0.15, -0.1) is 0 Å². The van der Waals surface area contributed by atoms with Gasteiger partial charge in [0, 0.05) is 12.6 Å². The molecule has 0 radical (unpaired) electrons. The molecule has 122 valence electrons. The third kappa shape index (κ3) is 3.71. The predicted octanol–water partition coefficient (Wildman–Crippen LogP) is 2.90. The minimum absolute atomic E-state index is 0.236. The zero-order valence-corrected chi connectivity index (χ0v) is 13.1. The Kier molecular flexibility index (Phi) is 4.62. The van der Waals surface area contributed by atoms with Gasteiger partial charge in [-0.3, -0.25) is 4.90 Å². The molecule has 1 fully saturated rings. The van der Waals surface area contributed by atoms with E-state index in [1.807, 2.05) is 13.0 Å². The van der Waals surface area contributed by atoms with Crippen LogP contribution in [-0.4, -0.2) is 40.8 Å². The van der Waals surface area contributed by atoms with Crippen molar-refractivity contribution in [1.29, 1.82) is 0 Å². The van der Waals surface area contributed by atoms with Crippen LogP contribution in [0.15, 0.2) is 34.9 Å². The van der Waals surface area contributed by atoms with E-state index in [4.69, 9.17) is 14.4 Å². The van der Waals surface area contributed by atoms with Crippen LogP contribution >= 0.6 is 0 Å². The summed E-state index contributed by atoms with van der Waals surface area (Å²) in [7, 11) is 0. The van der Waals surface area contributed by atoms with Crippen LogP contribution in [0.5, 0.6) is 5.75 Å². The number of nitrogens with zero attached hydrogens (tertiary/aromatic N) is 2. The number of aromatic nitrogens is 1. The lowest BCUT2D eigenvalue weighted by molar-refractivity contribution is 0.0696. The van der Waals surface area contributed by atoms with Gasteiger partial charge in [-0.1, -0.05) is 11.2 Å². The Balaban J connectivity index is 1.55. The first-order valence-electron chi connectivity index (χ1n) is 7.77. The smallest absolute Gasteiger partial charge is 0.335 e. The Morgan fingerprint density at radius 2 is 2.35 bits per heavy atom. The van der Waals surface area contributed by atoms with E-state index in [1.54, 1.807) is 24.3 Å². The zero-order chi connectivity index (χ0) is 16.2. The SMILES string of the molecule is Cc1cc(C2CCCN2CCOc2cccc(C(=O)O)c2)no1. The fraction of sp³-hybridized carbons (Fsp3) is 0.412. The molecule has 0 saturated carbocycles. The number of aromatic carboxylic acids is 1. The van der Waals surface area contributed by atoms with E-state index in [0.717, 1.165) is 37.4 Å². The molecule has 2 heterocycles. The van der Waals surface area contributed by atoms with Crippen LogP contribution in [-0.2, 0) is 0 Å². The molecule has 1 aromatic carbocycles. The van der Waals surface area contributed by atoms with Crippen molar-refractivity contribution in [3.8, 4) is 5.75 Å². The molecule has 0 bridgehead atoms. The van der Waals surface area contributed by atoms with Gasteiger partial charge < -0.3 is 14.4 Å². The highest BCUT2D eigenvalue weighted by atomic mass is 16.5. The number of rotatable bonds is 6. The van der Waals surface area contributed by atoms with E-state index in [1.165, 1.54) is 0 Å². The molecule has 6 heteroatoms. The molecular weight excluding hydrogens is 296 g/mol. The van der Waals surface area contributed by atoms with Crippen molar-refractivity contribution in [2.75, 3.05) is 19.7 Å². The Morgan fingerprint density at radius 1 is 1.48 bits per heavy atom. The summed E-state index contributed by atoms with van der Waals surface area (Å²) in [5.74, 6) is 0.461. The van der Waals surface area contributed by atoms with Crippen LogP contribution in [0.25, 0.3) is 0 Å². The van der Waals surface area contributed by atoms with Gasteiger partial charge in [0.2, 0.25) is 0 Å². The minimum Gasteiger partial charge on any atom is -0.492 e. The molecule has 1 aliphatic rings. The number of benzene rings is 1. The topological polar surface area (TPSA) is 75.8 Å². The maximum Gasteiger partial charge on any atom is 0.335 e. The van der Waals surface area contributed by atoms with Gasteiger partial charge in [-0.05, 0) is 44.5 Å². The predicted molar refractivity (Wildman–Crippen MR) is 83.7 cm³/mol. The van der Waals surface area contributed by atoms with Gasteiger partial charge >= 0.3 is 5.97 Å². The first kappa shape index (κ1) is 15.6. The molecule has 1 N–H and O–H groups in total. The molecule has 0 aliphatic carbocycles. The summed E-state index contributed by atoms with van der Waals surface area (Å²) in [5, 5.41) is 13.1. The van der Waals surface area contributed by atoms with Gasteiger partial charge in [0.05, 0.1) is 11.6 Å². The molecule has 1 aromatic heterocycles. The first-order valence-corrected chi connectivity index (χ1v) is 7.77. The minimum atomic E-state index is -0.948. The van der Waals surface area contributed by atoms with Crippen molar-refractivity contribution in [3.63, 3.8) is 0 Å². The highest BCUT2D eigenvalue weighted by Gasteiger charge is 2.28. The third-order valence-electron chi connectivity index (χ3n) is 4.08. The van der Waals surface area contributed by atoms with Crippen LogP contribution in [0.1, 0.15) is 40.7 Å². The van der Waals surface area contributed by atoms with Crippen LogP contribution in [0.2, 0.25) is 0 Å². The van der Waals surface area contributed by atoms with Gasteiger partial charge in [0.15, 0.2) is 0 Å². The van der Waals surface area contributed by atoms with Crippen LogP contribution in [0.3, 0.4) is 0 Å². The number of ether oxygens (including phenoxy) is 1. The molecule has 6 nitrogen and oxygen atoms in total. The second kappa shape index (κ2) is 6.83. The average molecular weight is 316 g/mol. The van der Waals surface area contributed by atoms with Crippen LogP contribution in [0, 0.1) is 6.92 Å². The van der Waals surface area contributed by atoms with Crippen molar-refractivity contribution < 1.29 is 19.2 Å². The normalized spacial score (nSPS) is 18.2. The van der Waals surface area contributed by atoms with E-state index in [0.29, 0.717) is 12.4 Å². The molecule has 1 aliphatic heterocycles. The molecule has 0 amide bonds. The van der Waals surface area contributed by atoms with Crippen molar-refractivity contribution in [2.24, 2.45) is 0 Å². The van der Waals surface area contributed by atoms with Crippen LogP contribution < -0.4 is 4.74 Å². The van der Waals surface area contributed by atoms with Crippen molar-refractivity contribution in [2.45, 2.75) is 25.8 Å². The summed E-state index contributed by atoms with van der Waals surface area (Å²) < 4.78 is 10.9. The third-order valence-corrected chi connectivity index (χ3v) is 4.08. The van der Waals surface area contributed by atoms with Gasteiger partial charge in [-0.25, -0.2) is 4.79 Å². The summed E-state index contributed by atoms with van der Waals surface area (Å²) in [6.45, 7) is 4.19. The van der Waals surface area contributed by atoms with Gasteiger partial charge in [0.25, 0.3) is 0 Å². The monoisotopic (exact) mass is 316 g/mol. The molecular formula is C17H20N2O4. The van der Waals surface area contributed by atoms with E-state index >= 15 is 0 Å². The lowest BCUT2D eigenvalue weighted by Crippen LogP contribution is -2.28. The summed E-state index contributed by atoms with van der Waals surface area (Å²) in [4.78, 5) is 13.3. The first-order chi connectivity index (χ1) is 11.1. The fourth-order valence-electron chi connectivity index (χ4n) is 2.97. The highest BCUT2D eigenvalue weighted by Crippen LogP contribution is 2.31. The zero-order valence-electron chi connectivity index (χ0n) is 13.1. The second-order valence-corrected chi connectivity index (χ2v) is 5.74. The second-order valence-electron chi connectivity index (χ2n) is 5.74. The van der Waals surface area contributed by atoms with Crippen molar-refractivity contribution >= 4 is 5.97 Å². The van der Waals surface area contributed by atoms with Crippen molar-refractivity contribution in [1.82, 2.24) is 10.1 Å². The Hall–Kier alpha value is -2.34. The van der Waals surface area contributed by atoms with Crippen molar-refractivity contribution in [3.05, 3.63) is 47.3 Å². The number of likely N-dealkylation sites (tertiary alicyclic amines) is 1. The van der Waals surface area contributed by atoms with Crippen LogP contribution in [0.4, 0.5) is 0 Å². The number of hydrogen-bond acceptors (Lipinski definition) is 5. The molecule has 1 unspecified atom stereocenters. The standard InChI is InChI=1S/C17H20N2O4/c1-12-10-15(18-23-12)16-6-3-7-19(16)8-9-22-14-5-2-4-13(11-14)17(20)21/h2,4-5,10-11,16H,3,6-9H2,1H3,(H,20,21). The van der Waals surface area contributed by atoms with E-state index in [2.05, 4.69) is 10.1 Å². The van der Waals surface area contributed by atoms with Gasteiger partial charge in [0.1, 0.15) is 23.8 Å². The molecule has 3 rings (SSSR count). The maximum atomic E-state index is 11.0. The summed E-state index contributed by atoms with van der Waals surface area (Å²) in [6, 6.07) is 8.83. The summed E-state index contributed by atoms with van der Waals surface area (Å²) >= 11 is 0. The highest BCUT2D eigenvalue weighted by molar-refractivity contribution is 5.87. The quantitative estimate of drug-likeness (QED) is 0.883. The van der Waals surface area contributed by atoms with E-state index in [-0.39, 0.29) is 11.6 Å². The molecule has 1 atom stereocenters. The van der Waals surface area contributed by atoms with E-state index < -0.39 is 5.97 Å². The molecule has 1 saturated heterocycles. The molecule has 2 aromatic rings.